The van der Waals surface area contributed by atoms with Gasteiger partial charge >= 0.3 is 5.97 Å². The Hall–Kier alpha value is -1.03. The van der Waals surface area contributed by atoms with E-state index in [0.717, 1.165) is 0 Å². The largest absolute Gasteiger partial charge is 0.478 e. The smallest absolute Gasteiger partial charge is 0.340 e. The maximum atomic E-state index is 11.2. The number of carboxylic acids is 1. The van der Waals surface area contributed by atoms with Crippen LogP contribution >= 0.6 is 11.6 Å². The highest BCUT2D eigenvalue weighted by molar-refractivity contribution is 6.32. The summed E-state index contributed by atoms with van der Waals surface area (Å²) in [6.07, 6.45) is 2.35. The number of aromatic nitrogens is 2. The highest BCUT2D eigenvalue weighted by Gasteiger charge is 2.33. The molecule has 1 heterocycles. The average molecular weight is 257 g/mol. The minimum absolute atomic E-state index is 0.0613. The molecule has 1 atom stereocenters. The van der Waals surface area contributed by atoms with Crippen LogP contribution in [-0.2, 0) is 0 Å². The lowest BCUT2D eigenvalue weighted by molar-refractivity contribution is 0.0695. The fraction of sp³-hybridized carbons (Fsp3) is 0.667. The van der Waals surface area contributed by atoms with Gasteiger partial charge in [0.05, 0.1) is 11.7 Å². The number of halogens is 1. The number of nitrogens with zero attached hydrogens (tertiary/aromatic N) is 2. The van der Waals surface area contributed by atoms with Crippen molar-refractivity contribution in [2.24, 2.45) is 5.92 Å². The summed E-state index contributed by atoms with van der Waals surface area (Å²) in [4.78, 5) is 11.2. The van der Waals surface area contributed by atoms with Crippen molar-refractivity contribution in [3.8, 4) is 0 Å². The lowest BCUT2D eigenvalue weighted by Crippen LogP contribution is -2.09. The number of carboxylic acid groups (broad SMARTS) is 1. The molecule has 1 fully saturated rings. The maximum Gasteiger partial charge on any atom is 0.340 e. The molecule has 1 aromatic heterocycles. The van der Waals surface area contributed by atoms with E-state index in [1.165, 1.54) is 12.8 Å². The summed E-state index contributed by atoms with van der Waals surface area (Å²) >= 11 is 6.15. The van der Waals surface area contributed by atoms with Crippen LogP contribution in [0.5, 0.6) is 0 Å². The van der Waals surface area contributed by atoms with Crippen molar-refractivity contribution >= 4 is 17.6 Å². The molecule has 1 N–H and O–H groups in total. The van der Waals surface area contributed by atoms with Crippen LogP contribution < -0.4 is 0 Å². The summed E-state index contributed by atoms with van der Waals surface area (Å²) in [5.74, 6) is -0.340. The van der Waals surface area contributed by atoms with Gasteiger partial charge in [-0.15, -0.1) is 0 Å². The molecule has 0 bridgehead atoms. The first kappa shape index (κ1) is 12.4. The average Bonchev–Trinajstić information content (AvgIpc) is 3.00. The van der Waals surface area contributed by atoms with Gasteiger partial charge in [-0.3, -0.25) is 0 Å². The van der Waals surface area contributed by atoms with Crippen molar-refractivity contribution in [1.82, 2.24) is 9.78 Å². The second kappa shape index (κ2) is 4.33. The molecule has 1 aliphatic carbocycles. The van der Waals surface area contributed by atoms with Crippen molar-refractivity contribution in [2.45, 2.75) is 45.6 Å². The van der Waals surface area contributed by atoms with Crippen LogP contribution in [0.4, 0.5) is 0 Å². The fourth-order valence-electron chi connectivity index (χ4n) is 2.08. The van der Waals surface area contributed by atoms with E-state index in [9.17, 15) is 9.90 Å². The number of carbonyl (C=O) groups is 1. The monoisotopic (exact) mass is 256 g/mol. The summed E-state index contributed by atoms with van der Waals surface area (Å²) in [5, 5.41) is 13.9. The number of hydrogen-bond donors (Lipinski definition) is 1. The quantitative estimate of drug-likeness (QED) is 0.899. The van der Waals surface area contributed by atoms with Crippen LogP contribution in [0.25, 0.3) is 0 Å². The molecular formula is C12H17ClN2O2. The van der Waals surface area contributed by atoms with Gasteiger partial charge in [-0.25, -0.2) is 9.48 Å². The standard InChI is InChI=1S/C12H17ClN2O2/c1-6(2)10-9(12(16)17)11(13)15(14-10)7(3)8-4-5-8/h6-8H,4-5H2,1-3H3,(H,16,17). The van der Waals surface area contributed by atoms with E-state index in [2.05, 4.69) is 5.10 Å². The number of hydrogen-bond acceptors (Lipinski definition) is 2. The van der Waals surface area contributed by atoms with Gasteiger partial charge in [0.25, 0.3) is 0 Å². The summed E-state index contributed by atoms with van der Waals surface area (Å²) in [6, 6.07) is 0.188. The number of aromatic carboxylic acids is 1. The molecular weight excluding hydrogens is 240 g/mol. The maximum absolute atomic E-state index is 11.2. The van der Waals surface area contributed by atoms with Gasteiger partial charge in [0.2, 0.25) is 0 Å². The van der Waals surface area contributed by atoms with E-state index >= 15 is 0 Å². The topological polar surface area (TPSA) is 55.1 Å². The zero-order valence-electron chi connectivity index (χ0n) is 10.3. The van der Waals surface area contributed by atoms with E-state index in [1.54, 1.807) is 4.68 Å². The van der Waals surface area contributed by atoms with E-state index in [-0.39, 0.29) is 22.7 Å². The predicted molar refractivity (Wildman–Crippen MR) is 65.7 cm³/mol. The Labute approximate surface area is 106 Å². The molecule has 0 spiro atoms. The van der Waals surface area contributed by atoms with E-state index < -0.39 is 5.97 Å². The van der Waals surface area contributed by atoms with Crippen molar-refractivity contribution < 1.29 is 9.90 Å². The Kier molecular flexibility index (Phi) is 3.17. The molecule has 5 heteroatoms. The van der Waals surface area contributed by atoms with Crippen molar-refractivity contribution in [2.75, 3.05) is 0 Å². The molecule has 1 aliphatic rings. The van der Waals surface area contributed by atoms with E-state index in [4.69, 9.17) is 11.6 Å². The van der Waals surface area contributed by atoms with Crippen molar-refractivity contribution in [3.63, 3.8) is 0 Å². The lowest BCUT2D eigenvalue weighted by atomic mass is 10.1. The zero-order chi connectivity index (χ0) is 12.7. The van der Waals surface area contributed by atoms with Crippen LogP contribution in [-0.4, -0.2) is 20.9 Å². The highest BCUT2D eigenvalue weighted by Crippen LogP contribution is 2.41. The molecule has 1 unspecified atom stereocenters. The van der Waals surface area contributed by atoms with Gasteiger partial charge in [0, 0.05) is 0 Å². The third kappa shape index (κ3) is 2.18. The minimum Gasteiger partial charge on any atom is -0.478 e. The summed E-state index contributed by atoms with van der Waals surface area (Å²) in [7, 11) is 0. The normalized spacial score (nSPS) is 17.5. The van der Waals surface area contributed by atoms with Crippen LogP contribution in [0.15, 0.2) is 0 Å². The minimum atomic E-state index is -0.993. The van der Waals surface area contributed by atoms with Crippen LogP contribution in [0.1, 0.15) is 61.6 Å². The van der Waals surface area contributed by atoms with Gasteiger partial charge in [-0.2, -0.15) is 5.10 Å². The summed E-state index contributed by atoms with van der Waals surface area (Å²) in [5.41, 5.74) is 0.740. The molecule has 17 heavy (non-hydrogen) atoms. The Bertz CT molecular complexity index is 450. The first-order valence-corrected chi connectivity index (χ1v) is 6.32. The Balaban J connectivity index is 2.47. The summed E-state index contributed by atoms with van der Waals surface area (Å²) < 4.78 is 1.68. The van der Waals surface area contributed by atoms with Crippen LogP contribution in [0.3, 0.4) is 0 Å². The molecule has 0 aliphatic heterocycles. The fourth-order valence-corrected chi connectivity index (χ4v) is 2.45. The lowest BCUT2D eigenvalue weighted by Gasteiger charge is -2.11. The Morgan fingerprint density at radius 2 is 2.06 bits per heavy atom. The molecule has 0 radical (unpaired) electrons. The third-order valence-electron chi connectivity index (χ3n) is 3.33. The molecule has 94 valence electrons. The van der Waals surface area contributed by atoms with Gasteiger partial charge in [0.15, 0.2) is 0 Å². The molecule has 4 nitrogen and oxygen atoms in total. The van der Waals surface area contributed by atoms with Gasteiger partial charge in [-0.1, -0.05) is 25.4 Å². The first-order chi connectivity index (χ1) is 7.93. The molecule has 0 amide bonds. The predicted octanol–water partition coefficient (Wildman–Crippen LogP) is 3.33. The van der Waals surface area contributed by atoms with Gasteiger partial charge in [-0.05, 0) is 31.6 Å². The van der Waals surface area contributed by atoms with E-state index in [0.29, 0.717) is 11.6 Å². The van der Waals surface area contributed by atoms with Gasteiger partial charge < -0.3 is 5.11 Å². The van der Waals surface area contributed by atoms with Crippen LogP contribution in [0, 0.1) is 5.92 Å². The van der Waals surface area contributed by atoms with Crippen molar-refractivity contribution in [1.29, 1.82) is 0 Å². The molecule has 2 rings (SSSR count). The van der Waals surface area contributed by atoms with E-state index in [1.807, 2.05) is 20.8 Å². The SMILES string of the molecule is CC(C)c1nn(C(C)C2CC2)c(Cl)c1C(=O)O. The zero-order valence-corrected chi connectivity index (χ0v) is 11.0. The third-order valence-corrected chi connectivity index (χ3v) is 3.69. The number of rotatable bonds is 4. The Morgan fingerprint density at radius 3 is 2.41 bits per heavy atom. The second-order valence-electron chi connectivity index (χ2n) is 5.03. The second-order valence-corrected chi connectivity index (χ2v) is 5.39. The van der Waals surface area contributed by atoms with Crippen LogP contribution in [0.2, 0.25) is 5.15 Å². The molecule has 1 saturated carbocycles. The molecule has 0 aromatic carbocycles. The first-order valence-electron chi connectivity index (χ1n) is 5.94. The van der Waals surface area contributed by atoms with Crippen molar-refractivity contribution in [3.05, 3.63) is 16.4 Å². The van der Waals surface area contributed by atoms with Gasteiger partial charge in [0.1, 0.15) is 10.7 Å². The highest BCUT2D eigenvalue weighted by atomic mass is 35.5. The molecule has 1 aromatic rings. The molecule has 0 saturated heterocycles. The Morgan fingerprint density at radius 1 is 1.47 bits per heavy atom. The summed E-state index contributed by atoms with van der Waals surface area (Å²) in [6.45, 7) is 5.90.